The fourth-order valence-corrected chi connectivity index (χ4v) is 3.88. The van der Waals surface area contributed by atoms with Gasteiger partial charge in [-0.1, -0.05) is 55.7 Å². The van der Waals surface area contributed by atoms with Gasteiger partial charge in [-0.05, 0) is 37.3 Å². The van der Waals surface area contributed by atoms with Gasteiger partial charge in [-0.15, -0.1) is 0 Å². The van der Waals surface area contributed by atoms with E-state index in [2.05, 4.69) is 46.6 Å². The Hall–Kier alpha value is -2.12. The van der Waals surface area contributed by atoms with Gasteiger partial charge in [0.15, 0.2) is 0 Å². The van der Waals surface area contributed by atoms with Crippen molar-refractivity contribution >= 4 is 11.5 Å². The van der Waals surface area contributed by atoms with Crippen LogP contribution < -0.4 is 5.32 Å². The topological polar surface area (TPSA) is 56.1 Å². The van der Waals surface area contributed by atoms with E-state index in [0.717, 1.165) is 51.6 Å². The Morgan fingerprint density at radius 3 is 2.56 bits per heavy atom. The van der Waals surface area contributed by atoms with Crippen molar-refractivity contribution in [3.8, 4) is 6.07 Å². The van der Waals surface area contributed by atoms with E-state index in [4.69, 9.17) is 0 Å². The van der Waals surface area contributed by atoms with Crippen LogP contribution in [0.2, 0.25) is 0 Å². The number of hydrogen-bond donors (Lipinski definition) is 1. The molecule has 1 aliphatic heterocycles. The molecule has 1 aromatic carbocycles. The second-order valence-corrected chi connectivity index (χ2v) is 7.26. The van der Waals surface area contributed by atoms with Crippen molar-refractivity contribution in [2.75, 3.05) is 13.1 Å². The summed E-state index contributed by atoms with van der Waals surface area (Å²) in [6.45, 7) is 3.60. The van der Waals surface area contributed by atoms with Crippen molar-refractivity contribution in [3.05, 3.63) is 42.0 Å². The highest BCUT2D eigenvalue weighted by Gasteiger charge is 2.35. The van der Waals surface area contributed by atoms with Gasteiger partial charge in [0.2, 0.25) is 5.91 Å². The Kier molecular flexibility index (Phi) is 5.55. The van der Waals surface area contributed by atoms with E-state index in [0.29, 0.717) is 0 Å². The summed E-state index contributed by atoms with van der Waals surface area (Å²) in [7, 11) is 0. The van der Waals surface area contributed by atoms with Crippen LogP contribution in [0.25, 0.3) is 5.57 Å². The monoisotopic (exact) mass is 337 g/mol. The highest BCUT2D eigenvalue weighted by molar-refractivity contribution is 5.82. The maximum atomic E-state index is 12.7. The summed E-state index contributed by atoms with van der Waals surface area (Å²) in [4.78, 5) is 14.9. The lowest BCUT2D eigenvalue weighted by molar-refractivity contribution is -0.127. The molecular weight excluding hydrogens is 310 g/mol. The number of carbonyl (C=O) groups excluding carboxylic acids is 1. The number of nitriles is 1. The number of nitrogens with one attached hydrogen (secondary N) is 1. The largest absolute Gasteiger partial charge is 0.336 e. The Morgan fingerprint density at radius 1 is 1.24 bits per heavy atom. The van der Waals surface area contributed by atoms with Gasteiger partial charge in [0.05, 0.1) is 12.1 Å². The first-order valence-electron chi connectivity index (χ1n) is 9.35. The second-order valence-electron chi connectivity index (χ2n) is 7.26. The molecule has 1 N–H and O–H groups in total. The summed E-state index contributed by atoms with van der Waals surface area (Å²) in [5.74, 6) is -0.0139. The van der Waals surface area contributed by atoms with Gasteiger partial charge in [-0.2, -0.15) is 5.26 Å². The molecule has 0 aromatic heterocycles. The highest BCUT2D eigenvalue weighted by Crippen LogP contribution is 2.28. The first-order chi connectivity index (χ1) is 12.1. The van der Waals surface area contributed by atoms with Crippen molar-refractivity contribution in [2.24, 2.45) is 0 Å². The lowest BCUT2D eigenvalue weighted by Gasteiger charge is -2.36. The van der Waals surface area contributed by atoms with Crippen LogP contribution in [0.4, 0.5) is 0 Å². The Labute approximate surface area is 150 Å². The molecule has 4 nitrogen and oxygen atoms in total. The van der Waals surface area contributed by atoms with Gasteiger partial charge in [-0.3, -0.25) is 9.69 Å². The Morgan fingerprint density at radius 2 is 1.96 bits per heavy atom. The number of rotatable bonds is 4. The first-order valence-corrected chi connectivity index (χ1v) is 9.35. The maximum Gasteiger partial charge on any atom is 0.238 e. The van der Waals surface area contributed by atoms with Crippen LogP contribution in [0.1, 0.15) is 51.0 Å². The van der Waals surface area contributed by atoms with Crippen LogP contribution in [-0.2, 0) is 4.79 Å². The van der Waals surface area contributed by atoms with Crippen LogP contribution in [0.15, 0.2) is 36.4 Å². The molecule has 1 aliphatic carbocycles. The van der Waals surface area contributed by atoms with E-state index in [1.807, 2.05) is 13.0 Å². The third-order valence-electron chi connectivity index (χ3n) is 5.60. The average Bonchev–Trinajstić information content (AvgIpc) is 2.69. The molecule has 3 rings (SSSR count). The molecule has 0 saturated heterocycles. The number of carbonyl (C=O) groups is 1. The third-order valence-corrected chi connectivity index (χ3v) is 5.60. The minimum atomic E-state index is -0.648. The molecule has 4 heteroatoms. The van der Waals surface area contributed by atoms with Gasteiger partial charge < -0.3 is 5.32 Å². The van der Waals surface area contributed by atoms with Gasteiger partial charge in [0.25, 0.3) is 0 Å². The SMILES string of the molecule is CC(C(=O)NC1(C#N)CCCCC1)N1CC=C(c2ccccc2)CC1. The zero-order valence-corrected chi connectivity index (χ0v) is 15.0. The minimum Gasteiger partial charge on any atom is -0.336 e. The predicted molar refractivity (Wildman–Crippen MR) is 99.6 cm³/mol. The molecule has 0 radical (unpaired) electrons. The van der Waals surface area contributed by atoms with Gasteiger partial charge in [0.1, 0.15) is 5.54 Å². The van der Waals surface area contributed by atoms with Crippen LogP contribution in [0.3, 0.4) is 0 Å². The Balaban J connectivity index is 1.60. The minimum absolute atomic E-state index is 0.0139. The number of amides is 1. The number of benzene rings is 1. The van der Waals surface area contributed by atoms with Crippen molar-refractivity contribution in [1.29, 1.82) is 5.26 Å². The van der Waals surface area contributed by atoms with Crippen molar-refractivity contribution < 1.29 is 4.79 Å². The van der Waals surface area contributed by atoms with Crippen molar-refractivity contribution in [1.82, 2.24) is 10.2 Å². The first kappa shape index (κ1) is 17.7. The molecule has 1 heterocycles. The lowest BCUT2D eigenvalue weighted by Crippen LogP contribution is -2.55. The summed E-state index contributed by atoms with van der Waals surface area (Å²) in [6, 6.07) is 12.6. The standard InChI is InChI=1S/C21H27N3O/c1-17(20(25)23-21(16-22)12-6-3-7-13-21)24-14-10-19(11-15-24)18-8-4-2-5-9-18/h2,4-5,8-10,17H,3,6-7,11-15H2,1H3,(H,23,25). The van der Waals surface area contributed by atoms with E-state index in [9.17, 15) is 10.1 Å². The van der Waals surface area contributed by atoms with Crippen LogP contribution in [0.5, 0.6) is 0 Å². The van der Waals surface area contributed by atoms with E-state index in [1.54, 1.807) is 0 Å². The normalized spacial score (nSPS) is 21.7. The summed E-state index contributed by atoms with van der Waals surface area (Å²) >= 11 is 0. The third kappa shape index (κ3) is 4.11. The van der Waals surface area contributed by atoms with Crippen molar-refractivity contribution in [3.63, 3.8) is 0 Å². The quantitative estimate of drug-likeness (QED) is 0.915. The summed E-state index contributed by atoms with van der Waals surface area (Å²) < 4.78 is 0. The average molecular weight is 337 g/mol. The number of nitrogens with zero attached hydrogens (tertiary/aromatic N) is 2. The zero-order chi connectivity index (χ0) is 17.7. The van der Waals surface area contributed by atoms with E-state index >= 15 is 0 Å². The van der Waals surface area contributed by atoms with Gasteiger partial charge in [-0.25, -0.2) is 0 Å². The van der Waals surface area contributed by atoms with Crippen LogP contribution in [-0.4, -0.2) is 35.5 Å². The predicted octanol–water partition coefficient (Wildman–Crippen LogP) is 3.51. The molecule has 1 unspecified atom stereocenters. The molecule has 25 heavy (non-hydrogen) atoms. The Bertz CT molecular complexity index is 668. The highest BCUT2D eigenvalue weighted by atomic mass is 16.2. The maximum absolute atomic E-state index is 12.7. The molecule has 1 saturated carbocycles. The molecule has 2 aliphatic rings. The molecule has 1 amide bonds. The van der Waals surface area contributed by atoms with E-state index in [1.165, 1.54) is 11.1 Å². The fourth-order valence-electron chi connectivity index (χ4n) is 3.88. The van der Waals surface area contributed by atoms with Crippen molar-refractivity contribution in [2.45, 2.75) is 57.0 Å². The fraction of sp³-hybridized carbons (Fsp3) is 0.524. The molecule has 132 valence electrons. The summed E-state index contributed by atoms with van der Waals surface area (Å²) in [6.07, 6.45) is 7.94. The molecule has 0 spiro atoms. The summed E-state index contributed by atoms with van der Waals surface area (Å²) in [5, 5.41) is 12.6. The lowest BCUT2D eigenvalue weighted by atomic mass is 9.82. The van der Waals surface area contributed by atoms with Crippen LogP contribution in [0, 0.1) is 11.3 Å². The van der Waals surface area contributed by atoms with E-state index in [-0.39, 0.29) is 11.9 Å². The van der Waals surface area contributed by atoms with Gasteiger partial charge in [0, 0.05) is 13.1 Å². The molecular formula is C21H27N3O. The molecule has 1 atom stereocenters. The molecule has 0 bridgehead atoms. The number of hydrogen-bond acceptors (Lipinski definition) is 3. The second kappa shape index (κ2) is 7.84. The zero-order valence-electron chi connectivity index (χ0n) is 15.0. The summed E-state index contributed by atoms with van der Waals surface area (Å²) in [5.41, 5.74) is 1.97. The van der Waals surface area contributed by atoms with E-state index < -0.39 is 5.54 Å². The van der Waals surface area contributed by atoms with Crippen LogP contribution >= 0.6 is 0 Å². The molecule has 1 fully saturated rings. The molecule has 1 aromatic rings. The van der Waals surface area contributed by atoms with Gasteiger partial charge >= 0.3 is 0 Å². The smallest absolute Gasteiger partial charge is 0.238 e.